The number of hydrogen-bond donors (Lipinski definition) is 2. The normalized spacial score (nSPS) is 9.55. The summed E-state index contributed by atoms with van der Waals surface area (Å²) in [6, 6.07) is 18.8. The molecule has 20 heavy (non-hydrogen) atoms. The van der Waals surface area contributed by atoms with E-state index < -0.39 is 0 Å². The molecule has 4 heteroatoms. The Morgan fingerprint density at radius 1 is 0.950 bits per heavy atom. The van der Waals surface area contributed by atoms with Crippen LogP contribution >= 0.6 is 12.4 Å². The second kappa shape index (κ2) is 7.70. The van der Waals surface area contributed by atoms with Crippen molar-refractivity contribution >= 4 is 23.3 Å². The van der Waals surface area contributed by atoms with Gasteiger partial charge in [-0.2, -0.15) is 0 Å². The Hall–Kier alpha value is -1.81. The molecule has 106 valence electrons. The second-order valence-corrected chi connectivity index (χ2v) is 4.12. The van der Waals surface area contributed by atoms with Gasteiger partial charge in [-0.25, -0.2) is 0 Å². The summed E-state index contributed by atoms with van der Waals surface area (Å²) in [7, 11) is 1.50. The number of hydrogen-bond acceptors (Lipinski definition) is 2. The molecule has 0 bridgehead atoms. The van der Waals surface area contributed by atoms with E-state index in [9.17, 15) is 0 Å². The minimum atomic E-state index is 0. The van der Waals surface area contributed by atoms with Gasteiger partial charge in [-0.1, -0.05) is 30.3 Å². The van der Waals surface area contributed by atoms with E-state index in [0.717, 1.165) is 11.3 Å². The van der Waals surface area contributed by atoms with Gasteiger partial charge in [0.25, 0.3) is 0 Å². The average molecular weight is 290 g/mol. The van der Waals surface area contributed by atoms with Crippen molar-refractivity contribution in [1.29, 1.82) is 0 Å². The van der Waals surface area contributed by atoms with Crippen LogP contribution in [0.25, 0.3) is 16.6 Å². The van der Waals surface area contributed by atoms with Crippen molar-refractivity contribution in [3.63, 3.8) is 0 Å². The van der Waals surface area contributed by atoms with E-state index in [1.165, 1.54) is 18.0 Å². The topological polar surface area (TPSA) is 57.0 Å². The van der Waals surface area contributed by atoms with Crippen molar-refractivity contribution in [2.75, 3.05) is 7.05 Å². The molecule has 0 saturated carbocycles. The van der Waals surface area contributed by atoms with Crippen LogP contribution in [-0.2, 0) is 6.54 Å². The predicted molar refractivity (Wildman–Crippen MR) is 88.5 cm³/mol. The first-order chi connectivity index (χ1) is 9.38. The van der Waals surface area contributed by atoms with Gasteiger partial charge in [-0.15, -0.1) is 12.4 Å². The van der Waals surface area contributed by atoms with Crippen LogP contribution in [0.2, 0.25) is 0 Å². The van der Waals surface area contributed by atoms with Gasteiger partial charge in [0.15, 0.2) is 0 Å². The average Bonchev–Trinajstić information content (AvgIpc) is 2.93. The van der Waals surface area contributed by atoms with Crippen LogP contribution in [0.15, 0.2) is 60.8 Å². The fourth-order valence-corrected chi connectivity index (χ4v) is 2.14. The Morgan fingerprint density at radius 3 is 2.45 bits per heavy atom. The minimum absolute atomic E-state index is 0. The van der Waals surface area contributed by atoms with Crippen LogP contribution in [0.1, 0.15) is 5.56 Å². The van der Waals surface area contributed by atoms with E-state index in [-0.39, 0.29) is 12.4 Å². The molecule has 3 nitrogen and oxygen atoms in total. The standard InChI is InChI=1S/C15H14N2.CH5N.ClH/c16-11-12-4-3-6-14(10-12)17-9-8-13-5-1-2-7-15(13)17;1-2;/h1-10H,11,16H2;2H2,1H3;1H. The van der Waals surface area contributed by atoms with Crippen LogP contribution in [0, 0.1) is 0 Å². The van der Waals surface area contributed by atoms with Crippen molar-refractivity contribution in [2.45, 2.75) is 6.54 Å². The molecular weight excluding hydrogens is 270 g/mol. The Balaban J connectivity index is 0.000000639. The Bertz CT molecular complexity index is 661. The van der Waals surface area contributed by atoms with E-state index in [1.54, 1.807) is 0 Å². The molecule has 0 amide bonds. The summed E-state index contributed by atoms with van der Waals surface area (Å²) in [4.78, 5) is 0. The lowest BCUT2D eigenvalue weighted by molar-refractivity contribution is 1.05. The summed E-state index contributed by atoms with van der Waals surface area (Å²) in [5.74, 6) is 0. The van der Waals surface area contributed by atoms with Crippen molar-refractivity contribution in [2.24, 2.45) is 11.5 Å². The zero-order chi connectivity index (χ0) is 13.7. The van der Waals surface area contributed by atoms with E-state index in [0.29, 0.717) is 6.54 Å². The molecule has 3 aromatic rings. The lowest BCUT2D eigenvalue weighted by Crippen LogP contribution is -1.98. The number of benzene rings is 2. The van der Waals surface area contributed by atoms with Crippen molar-refractivity contribution in [3.8, 4) is 5.69 Å². The second-order valence-electron chi connectivity index (χ2n) is 4.12. The maximum Gasteiger partial charge on any atom is 0.0528 e. The SMILES string of the molecule is CN.Cl.NCc1cccc(-n2ccc3ccccc32)c1. The molecular formula is C16H20ClN3. The molecule has 0 aliphatic carbocycles. The highest BCUT2D eigenvalue weighted by Gasteiger charge is 2.02. The van der Waals surface area contributed by atoms with Gasteiger partial charge >= 0.3 is 0 Å². The monoisotopic (exact) mass is 289 g/mol. The smallest absolute Gasteiger partial charge is 0.0528 e. The molecule has 0 aliphatic rings. The Morgan fingerprint density at radius 2 is 1.70 bits per heavy atom. The molecule has 0 radical (unpaired) electrons. The van der Waals surface area contributed by atoms with Gasteiger partial charge in [-0.05, 0) is 42.3 Å². The van der Waals surface area contributed by atoms with Crippen LogP contribution in [0.3, 0.4) is 0 Å². The Kier molecular flexibility index (Phi) is 6.25. The number of para-hydroxylation sites is 1. The van der Waals surface area contributed by atoms with E-state index in [2.05, 4.69) is 65.0 Å². The van der Waals surface area contributed by atoms with Crippen LogP contribution in [0.5, 0.6) is 0 Å². The van der Waals surface area contributed by atoms with Crippen LogP contribution < -0.4 is 11.5 Å². The van der Waals surface area contributed by atoms with Gasteiger partial charge in [0, 0.05) is 18.4 Å². The van der Waals surface area contributed by atoms with Gasteiger partial charge in [0.05, 0.1) is 5.52 Å². The summed E-state index contributed by atoms with van der Waals surface area (Å²) in [6.07, 6.45) is 2.10. The molecule has 0 unspecified atom stereocenters. The maximum absolute atomic E-state index is 5.68. The molecule has 0 fully saturated rings. The quantitative estimate of drug-likeness (QED) is 0.762. The minimum Gasteiger partial charge on any atom is -0.333 e. The number of nitrogens with two attached hydrogens (primary N) is 2. The summed E-state index contributed by atoms with van der Waals surface area (Å²) in [5, 5.41) is 1.26. The third-order valence-electron chi connectivity index (χ3n) is 3.02. The van der Waals surface area contributed by atoms with E-state index >= 15 is 0 Å². The number of aromatic nitrogens is 1. The fourth-order valence-electron chi connectivity index (χ4n) is 2.14. The lowest BCUT2D eigenvalue weighted by atomic mass is 10.2. The number of rotatable bonds is 2. The number of halogens is 1. The summed E-state index contributed by atoms with van der Waals surface area (Å²) >= 11 is 0. The van der Waals surface area contributed by atoms with Gasteiger partial charge < -0.3 is 16.0 Å². The van der Waals surface area contributed by atoms with Gasteiger partial charge in [0.2, 0.25) is 0 Å². The molecule has 1 aromatic heterocycles. The molecule has 0 aliphatic heterocycles. The summed E-state index contributed by atoms with van der Waals surface area (Å²) in [6.45, 7) is 0.576. The molecule has 0 spiro atoms. The van der Waals surface area contributed by atoms with Crippen LogP contribution in [-0.4, -0.2) is 11.6 Å². The maximum atomic E-state index is 5.68. The first-order valence-electron chi connectivity index (χ1n) is 6.32. The van der Waals surface area contributed by atoms with Crippen molar-refractivity contribution < 1.29 is 0 Å². The van der Waals surface area contributed by atoms with Crippen LogP contribution in [0.4, 0.5) is 0 Å². The highest BCUT2D eigenvalue weighted by Crippen LogP contribution is 2.20. The predicted octanol–water partition coefficient (Wildman–Crippen LogP) is 3.09. The zero-order valence-electron chi connectivity index (χ0n) is 11.5. The molecule has 0 atom stereocenters. The number of nitrogens with zero attached hydrogens (tertiary/aromatic N) is 1. The third-order valence-corrected chi connectivity index (χ3v) is 3.02. The zero-order valence-corrected chi connectivity index (χ0v) is 12.3. The summed E-state index contributed by atoms with van der Waals surface area (Å²) in [5.41, 5.74) is 13.7. The van der Waals surface area contributed by atoms with Gasteiger partial charge in [-0.3, -0.25) is 0 Å². The van der Waals surface area contributed by atoms with Gasteiger partial charge in [0.1, 0.15) is 0 Å². The first kappa shape index (κ1) is 16.2. The molecule has 0 saturated heterocycles. The third kappa shape index (κ3) is 3.20. The lowest BCUT2D eigenvalue weighted by Gasteiger charge is -2.07. The molecule has 2 aromatic carbocycles. The highest BCUT2D eigenvalue weighted by atomic mass is 35.5. The van der Waals surface area contributed by atoms with E-state index in [4.69, 9.17) is 5.73 Å². The van der Waals surface area contributed by atoms with Crippen molar-refractivity contribution in [1.82, 2.24) is 4.57 Å². The first-order valence-corrected chi connectivity index (χ1v) is 6.32. The largest absolute Gasteiger partial charge is 0.333 e. The highest BCUT2D eigenvalue weighted by molar-refractivity contribution is 5.85. The molecule has 1 heterocycles. The summed E-state index contributed by atoms with van der Waals surface area (Å²) < 4.78 is 2.19. The fraction of sp³-hybridized carbons (Fsp3) is 0.125. The Labute approximate surface area is 125 Å². The van der Waals surface area contributed by atoms with E-state index in [1.807, 2.05) is 6.07 Å². The molecule has 3 rings (SSSR count). The molecule has 4 N–H and O–H groups in total. The van der Waals surface area contributed by atoms with Crippen molar-refractivity contribution in [3.05, 3.63) is 66.4 Å². The number of fused-ring (bicyclic) bond motifs is 1.